The van der Waals surface area contributed by atoms with E-state index in [1.165, 1.54) is 12.1 Å². The molecule has 0 aliphatic carbocycles. The number of nitro benzene ring substituents is 1. The topological polar surface area (TPSA) is 55.2 Å². The Kier molecular flexibility index (Phi) is 5.27. The maximum atomic E-state index is 13.2. The highest BCUT2D eigenvalue weighted by Gasteiger charge is 2.20. The molecule has 106 valence electrons. The van der Waals surface area contributed by atoms with Crippen LogP contribution >= 0.6 is 0 Å². The van der Waals surface area contributed by atoms with Gasteiger partial charge in [-0.1, -0.05) is 27.7 Å². The van der Waals surface area contributed by atoms with Crippen molar-refractivity contribution in [1.82, 2.24) is 0 Å². The molecule has 1 aromatic carbocycles. The lowest BCUT2D eigenvalue weighted by atomic mass is 9.85. The van der Waals surface area contributed by atoms with Gasteiger partial charge in [-0.3, -0.25) is 10.1 Å². The molecule has 0 amide bonds. The predicted octanol–water partition coefficient (Wildman–Crippen LogP) is 4.07. The molecular weight excluding hydrogens is 247 g/mol. The zero-order valence-electron chi connectivity index (χ0n) is 11.8. The maximum Gasteiger partial charge on any atom is 0.292 e. The third-order valence-electron chi connectivity index (χ3n) is 3.40. The zero-order valence-corrected chi connectivity index (χ0v) is 11.8. The molecular formula is C14H21FN2O2. The van der Waals surface area contributed by atoms with Crippen molar-refractivity contribution in [2.45, 2.75) is 27.7 Å². The predicted molar refractivity (Wildman–Crippen MR) is 74.7 cm³/mol. The molecule has 0 saturated carbocycles. The zero-order chi connectivity index (χ0) is 14.6. The van der Waals surface area contributed by atoms with E-state index in [0.29, 0.717) is 24.3 Å². The Labute approximate surface area is 113 Å². The fourth-order valence-electron chi connectivity index (χ4n) is 2.28. The fourth-order valence-corrected chi connectivity index (χ4v) is 2.28. The van der Waals surface area contributed by atoms with Gasteiger partial charge in [-0.15, -0.1) is 0 Å². The average molecular weight is 268 g/mol. The quantitative estimate of drug-likeness (QED) is 0.625. The van der Waals surface area contributed by atoms with E-state index in [0.717, 1.165) is 6.07 Å². The van der Waals surface area contributed by atoms with Crippen molar-refractivity contribution in [2.24, 2.45) is 17.8 Å². The van der Waals surface area contributed by atoms with Gasteiger partial charge in [0.1, 0.15) is 11.5 Å². The van der Waals surface area contributed by atoms with Gasteiger partial charge in [0, 0.05) is 18.7 Å². The van der Waals surface area contributed by atoms with E-state index in [1.54, 1.807) is 0 Å². The van der Waals surface area contributed by atoms with Crippen LogP contribution in [0.3, 0.4) is 0 Å². The molecule has 0 aliphatic rings. The molecule has 19 heavy (non-hydrogen) atoms. The van der Waals surface area contributed by atoms with E-state index in [1.807, 2.05) is 0 Å². The first-order chi connectivity index (χ1) is 8.82. The van der Waals surface area contributed by atoms with Crippen LogP contribution in [0.15, 0.2) is 18.2 Å². The molecule has 1 rings (SSSR count). The van der Waals surface area contributed by atoms with Gasteiger partial charge in [0.25, 0.3) is 5.69 Å². The minimum Gasteiger partial charge on any atom is -0.379 e. The first-order valence-corrected chi connectivity index (χ1v) is 6.50. The lowest BCUT2D eigenvalue weighted by Gasteiger charge is -2.25. The largest absolute Gasteiger partial charge is 0.379 e. The van der Waals surface area contributed by atoms with Crippen molar-refractivity contribution in [3.05, 3.63) is 34.1 Å². The molecule has 0 bridgehead atoms. The van der Waals surface area contributed by atoms with Crippen molar-refractivity contribution in [3.8, 4) is 0 Å². The second-order valence-electron chi connectivity index (χ2n) is 5.45. The molecule has 0 heterocycles. The van der Waals surface area contributed by atoms with E-state index < -0.39 is 10.7 Å². The Balaban J connectivity index is 2.87. The molecule has 0 aliphatic heterocycles. The summed E-state index contributed by atoms with van der Waals surface area (Å²) >= 11 is 0. The summed E-state index contributed by atoms with van der Waals surface area (Å²) in [5.74, 6) is 0.821. The SMILES string of the molecule is CC(C)C(CNc1cc(F)ccc1[N+](=O)[O-])C(C)C. The summed E-state index contributed by atoms with van der Waals surface area (Å²) in [6.07, 6.45) is 0. The molecule has 0 radical (unpaired) electrons. The molecule has 0 unspecified atom stereocenters. The lowest BCUT2D eigenvalue weighted by Crippen LogP contribution is -2.24. The van der Waals surface area contributed by atoms with Crippen LogP contribution in [-0.2, 0) is 0 Å². The van der Waals surface area contributed by atoms with Crippen molar-refractivity contribution in [3.63, 3.8) is 0 Å². The first-order valence-electron chi connectivity index (χ1n) is 6.50. The Bertz CT molecular complexity index is 439. The molecule has 0 spiro atoms. The number of nitrogens with zero attached hydrogens (tertiary/aromatic N) is 1. The average Bonchev–Trinajstić information content (AvgIpc) is 2.27. The molecule has 0 saturated heterocycles. The van der Waals surface area contributed by atoms with E-state index in [4.69, 9.17) is 0 Å². The Morgan fingerprint density at radius 2 is 1.84 bits per heavy atom. The summed E-state index contributed by atoms with van der Waals surface area (Å²) in [6, 6.07) is 3.47. The van der Waals surface area contributed by atoms with Gasteiger partial charge >= 0.3 is 0 Å². The summed E-state index contributed by atoms with van der Waals surface area (Å²) in [6.45, 7) is 9.07. The van der Waals surface area contributed by atoms with E-state index in [-0.39, 0.29) is 11.4 Å². The second kappa shape index (κ2) is 6.50. The van der Waals surface area contributed by atoms with Crippen LogP contribution in [0.4, 0.5) is 15.8 Å². The van der Waals surface area contributed by atoms with Gasteiger partial charge < -0.3 is 5.32 Å². The number of hydrogen-bond acceptors (Lipinski definition) is 3. The molecule has 1 aromatic rings. The van der Waals surface area contributed by atoms with E-state index in [2.05, 4.69) is 33.0 Å². The van der Waals surface area contributed by atoms with Crippen LogP contribution in [-0.4, -0.2) is 11.5 Å². The fraction of sp³-hybridized carbons (Fsp3) is 0.571. The number of benzene rings is 1. The lowest BCUT2D eigenvalue weighted by molar-refractivity contribution is -0.384. The smallest absolute Gasteiger partial charge is 0.292 e. The third kappa shape index (κ3) is 4.19. The molecule has 0 aromatic heterocycles. The number of nitro groups is 1. The highest BCUT2D eigenvalue weighted by molar-refractivity contribution is 5.61. The van der Waals surface area contributed by atoms with Crippen molar-refractivity contribution in [1.29, 1.82) is 0 Å². The van der Waals surface area contributed by atoms with Crippen LogP contribution in [0.25, 0.3) is 0 Å². The van der Waals surface area contributed by atoms with Gasteiger partial charge in [-0.25, -0.2) is 4.39 Å². The van der Waals surface area contributed by atoms with Crippen LogP contribution in [0.1, 0.15) is 27.7 Å². The summed E-state index contributed by atoms with van der Waals surface area (Å²) in [4.78, 5) is 10.4. The summed E-state index contributed by atoms with van der Waals surface area (Å²) in [5, 5.41) is 13.9. The molecule has 5 heteroatoms. The number of rotatable bonds is 6. The Hall–Kier alpha value is -1.65. The third-order valence-corrected chi connectivity index (χ3v) is 3.40. The number of halogens is 1. The minimum atomic E-state index is -0.498. The van der Waals surface area contributed by atoms with E-state index >= 15 is 0 Å². The molecule has 0 fully saturated rings. The maximum absolute atomic E-state index is 13.2. The number of nitrogens with one attached hydrogen (secondary N) is 1. The number of anilines is 1. The highest BCUT2D eigenvalue weighted by Crippen LogP contribution is 2.27. The van der Waals surface area contributed by atoms with E-state index in [9.17, 15) is 14.5 Å². The van der Waals surface area contributed by atoms with Gasteiger partial charge in [0.05, 0.1) is 4.92 Å². The monoisotopic (exact) mass is 268 g/mol. The Morgan fingerprint density at radius 3 is 2.32 bits per heavy atom. The molecule has 4 nitrogen and oxygen atoms in total. The van der Waals surface area contributed by atoms with Gasteiger partial charge in [0.15, 0.2) is 0 Å². The van der Waals surface area contributed by atoms with Gasteiger partial charge in [-0.05, 0) is 23.8 Å². The molecule has 1 N–H and O–H groups in total. The van der Waals surface area contributed by atoms with Crippen LogP contribution in [0, 0.1) is 33.7 Å². The Morgan fingerprint density at radius 1 is 1.26 bits per heavy atom. The minimum absolute atomic E-state index is 0.0901. The molecule has 0 atom stereocenters. The van der Waals surface area contributed by atoms with Crippen molar-refractivity contribution < 1.29 is 9.31 Å². The summed E-state index contributed by atoms with van der Waals surface area (Å²) < 4.78 is 13.2. The van der Waals surface area contributed by atoms with Crippen LogP contribution < -0.4 is 5.32 Å². The normalized spacial score (nSPS) is 11.4. The van der Waals surface area contributed by atoms with Crippen LogP contribution in [0.2, 0.25) is 0 Å². The van der Waals surface area contributed by atoms with Gasteiger partial charge in [-0.2, -0.15) is 0 Å². The first kappa shape index (κ1) is 15.4. The van der Waals surface area contributed by atoms with Crippen molar-refractivity contribution >= 4 is 11.4 Å². The standard InChI is InChI=1S/C14H21FN2O2/c1-9(2)12(10(3)4)8-16-13-7-11(15)5-6-14(13)17(18)19/h5-7,9-10,12,16H,8H2,1-4H3. The highest BCUT2D eigenvalue weighted by atomic mass is 19.1. The second-order valence-corrected chi connectivity index (χ2v) is 5.45. The summed E-state index contributed by atoms with van der Waals surface area (Å²) in [5.41, 5.74) is 0.156. The number of hydrogen-bond donors (Lipinski definition) is 1. The van der Waals surface area contributed by atoms with Gasteiger partial charge in [0.2, 0.25) is 0 Å². The van der Waals surface area contributed by atoms with Crippen LogP contribution in [0.5, 0.6) is 0 Å². The summed E-state index contributed by atoms with van der Waals surface area (Å²) in [7, 11) is 0. The van der Waals surface area contributed by atoms with Crippen molar-refractivity contribution in [2.75, 3.05) is 11.9 Å².